The molecule has 3 nitrogen and oxygen atoms in total. The van der Waals surface area contributed by atoms with E-state index >= 15 is 0 Å². The van der Waals surface area contributed by atoms with E-state index in [4.69, 9.17) is 5.73 Å². The molecular weight excluding hydrogens is 437 g/mol. The molecule has 0 aromatic heterocycles. The highest BCUT2D eigenvalue weighted by Gasteiger charge is 2.31. The van der Waals surface area contributed by atoms with E-state index in [9.17, 15) is 13.2 Å². The van der Waals surface area contributed by atoms with E-state index in [1.807, 2.05) is 50.3 Å². The highest BCUT2D eigenvalue weighted by atomic mass is 19.4. The van der Waals surface area contributed by atoms with E-state index in [2.05, 4.69) is 42.6 Å². The van der Waals surface area contributed by atoms with Crippen LogP contribution in [0.3, 0.4) is 0 Å². The normalized spacial score (nSPS) is 13.7. The zero-order valence-electron chi connectivity index (χ0n) is 20.5. The van der Waals surface area contributed by atoms with Gasteiger partial charge in [0.15, 0.2) is 0 Å². The summed E-state index contributed by atoms with van der Waals surface area (Å²) in [6, 6.07) is 16.0. The molecule has 2 unspecified atom stereocenters. The van der Waals surface area contributed by atoms with E-state index in [1.165, 1.54) is 23.3 Å². The first-order valence-electron chi connectivity index (χ1n) is 11.3. The minimum absolute atomic E-state index is 0.00907. The smallest absolute Gasteiger partial charge is 0.406 e. The van der Waals surface area contributed by atoms with Gasteiger partial charge in [0.25, 0.3) is 0 Å². The first-order chi connectivity index (χ1) is 16.0. The molecule has 0 bridgehead atoms. The van der Waals surface area contributed by atoms with Crippen LogP contribution < -0.4 is 15.8 Å². The molecule has 0 spiro atoms. The SMILES string of the molecule is C=C(C)/C=C\C(C)=C/C.CC(CNCc1cccc(OC(F)(F)F)c1)C(N)Cc1ccccc1. The number of benzene rings is 2. The average Bonchev–Trinajstić information content (AvgIpc) is 2.77. The Hall–Kier alpha value is -2.83. The van der Waals surface area contributed by atoms with Crippen molar-refractivity contribution in [2.24, 2.45) is 11.7 Å². The zero-order chi connectivity index (χ0) is 25.6. The molecule has 0 aliphatic carbocycles. The Morgan fingerprint density at radius 3 is 2.29 bits per heavy atom. The molecular formula is C28H37F3N2O. The molecule has 2 atom stereocenters. The Bertz CT molecular complexity index is 921. The van der Waals surface area contributed by atoms with Crippen molar-refractivity contribution in [2.45, 2.75) is 53.1 Å². The molecule has 2 aromatic rings. The van der Waals surface area contributed by atoms with Crippen molar-refractivity contribution in [3.63, 3.8) is 0 Å². The second-order valence-corrected chi connectivity index (χ2v) is 8.37. The van der Waals surface area contributed by atoms with Crippen LogP contribution >= 0.6 is 0 Å². The van der Waals surface area contributed by atoms with Crippen molar-refractivity contribution in [3.8, 4) is 5.75 Å². The molecule has 0 heterocycles. The summed E-state index contributed by atoms with van der Waals surface area (Å²) in [6.07, 6.45) is 2.25. The Balaban J connectivity index is 0.000000546. The predicted molar refractivity (Wildman–Crippen MR) is 136 cm³/mol. The number of hydrogen-bond acceptors (Lipinski definition) is 3. The molecule has 0 radical (unpaired) electrons. The van der Waals surface area contributed by atoms with Crippen LogP contribution in [0.4, 0.5) is 13.2 Å². The minimum atomic E-state index is -4.68. The minimum Gasteiger partial charge on any atom is -0.406 e. The lowest BCUT2D eigenvalue weighted by atomic mass is 9.95. The van der Waals surface area contributed by atoms with Crippen molar-refractivity contribution >= 4 is 0 Å². The topological polar surface area (TPSA) is 47.3 Å². The Morgan fingerprint density at radius 1 is 1.06 bits per heavy atom. The Morgan fingerprint density at radius 2 is 1.71 bits per heavy atom. The van der Waals surface area contributed by atoms with Crippen LogP contribution in [0.25, 0.3) is 0 Å². The van der Waals surface area contributed by atoms with Crippen molar-refractivity contribution in [1.82, 2.24) is 5.32 Å². The van der Waals surface area contributed by atoms with Gasteiger partial charge >= 0.3 is 6.36 Å². The molecule has 0 saturated carbocycles. The molecule has 2 rings (SSSR count). The number of halogens is 3. The number of hydrogen-bond donors (Lipinski definition) is 2. The Labute approximate surface area is 202 Å². The van der Waals surface area contributed by atoms with E-state index in [0.717, 1.165) is 17.6 Å². The van der Waals surface area contributed by atoms with Gasteiger partial charge < -0.3 is 15.8 Å². The van der Waals surface area contributed by atoms with Crippen LogP contribution in [-0.2, 0) is 13.0 Å². The van der Waals surface area contributed by atoms with Crippen LogP contribution in [0.1, 0.15) is 38.8 Å². The van der Waals surface area contributed by atoms with Gasteiger partial charge in [-0.1, -0.05) is 85.3 Å². The maximum absolute atomic E-state index is 12.2. The molecule has 0 aliphatic rings. The van der Waals surface area contributed by atoms with Crippen molar-refractivity contribution in [3.05, 3.63) is 102 Å². The van der Waals surface area contributed by atoms with Gasteiger partial charge in [0.1, 0.15) is 5.75 Å². The third-order valence-electron chi connectivity index (χ3n) is 5.06. The molecule has 0 fully saturated rings. The van der Waals surface area contributed by atoms with Crippen molar-refractivity contribution in [1.29, 1.82) is 0 Å². The molecule has 3 N–H and O–H groups in total. The molecule has 0 amide bonds. The molecule has 0 aliphatic heterocycles. The fourth-order valence-corrected chi connectivity index (χ4v) is 2.91. The van der Waals surface area contributed by atoms with Gasteiger partial charge in [0.05, 0.1) is 0 Å². The number of alkyl halides is 3. The highest BCUT2D eigenvalue weighted by molar-refractivity contribution is 5.28. The maximum atomic E-state index is 12.2. The van der Waals surface area contributed by atoms with Gasteiger partial charge in [-0.2, -0.15) is 0 Å². The second kappa shape index (κ2) is 15.1. The van der Waals surface area contributed by atoms with Gasteiger partial charge in [0.2, 0.25) is 0 Å². The van der Waals surface area contributed by atoms with E-state index in [-0.39, 0.29) is 17.7 Å². The van der Waals surface area contributed by atoms with E-state index in [1.54, 1.807) is 12.1 Å². The van der Waals surface area contributed by atoms with E-state index in [0.29, 0.717) is 13.1 Å². The summed E-state index contributed by atoms with van der Waals surface area (Å²) in [7, 11) is 0. The van der Waals surface area contributed by atoms with Crippen LogP contribution in [-0.4, -0.2) is 18.9 Å². The predicted octanol–water partition coefficient (Wildman–Crippen LogP) is 6.97. The monoisotopic (exact) mass is 474 g/mol. The number of rotatable bonds is 10. The summed E-state index contributed by atoms with van der Waals surface area (Å²) < 4.78 is 40.7. The lowest BCUT2D eigenvalue weighted by molar-refractivity contribution is -0.274. The van der Waals surface area contributed by atoms with Crippen LogP contribution in [0, 0.1) is 5.92 Å². The summed E-state index contributed by atoms with van der Waals surface area (Å²) in [5, 5.41) is 3.24. The fraction of sp³-hybridized carbons (Fsp3) is 0.357. The standard InChI is InChI=1S/C19H23F3N2O.C9H14/c1-14(18(23)11-15-6-3-2-4-7-15)12-24-13-16-8-5-9-17(10-16)25-19(20,21)22;1-5-9(4)7-6-8(2)3/h2-10,14,18,24H,11-13,23H2,1H3;5-7H,2H2,1,3-4H3/b;7-6-,9-5-. The largest absolute Gasteiger partial charge is 0.573 e. The third-order valence-corrected chi connectivity index (χ3v) is 5.06. The molecule has 0 saturated heterocycles. The van der Waals surface area contributed by atoms with Gasteiger partial charge in [-0.25, -0.2) is 0 Å². The molecule has 2 aromatic carbocycles. The van der Waals surface area contributed by atoms with Crippen LogP contribution in [0.5, 0.6) is 5.75 Å². The number of ether oxygens (including phenoxy) is 1. The molecule has 186 valence electrons. The molecule has 34 heavy (non-hydrogen) atoms. The van der Waals surface area contributed by atoms with Crippen molar-refractivity contribution in [2.75, 3.05) is 6.54 Å². The fourth-order valence-electron chi connectivity index (χ4n) is 2.91. The lowest BCUT2D eigenvalue weighted by Crippen LogP contribution is -2.36. The third kappa shape index (κ3) is 13.7. The summed E-state index contributed by atoms with van der Waals surface area (Å²) in [5.74, 6) is 0.0236. The number of allylic oxidation sites excluding steroid dienone is 5. The van der Waals surface area contributed by atoms with Gasteiger partial charge in [-0.3, -0.25) is 0 Å². The van der Waals surface area contributed by atoms with Crippen LogP contribution in [0.2, 0.25) is 0 Å². The quantitative estimate of drug-likeness (QED) is 0.366. The van der Waals surface area contributed by atoms with Gasteiger partial charge in [0, 0.05) is 12.6 Å². The summed E-state index contributed by atoms with van der Waals surface area (Å²) in [4.78, 5) is 0. The number of nitrogens with two attached hydrogens (primary N) is 1. The first kappa shape index (κ1) is 29.2. The lowest BCUT2D eigenvalue weighted by Gasteiger charge is -2.20. The van der Waals surface area contributed by atoms with Crippen molar-refractivity contribution < 1.29 is 17.9 Å². The first-order valence-corrected chi connectivity index (χ1v) is 11.3. The summed E-state index contributed by atoms with van der Waals surface area (Å²) in [6.45, 7) is 13.0. The Kier molecular flexibility index (Phi) is 13.0. The maximum Gasteiger partial charge on any atom is 0.573 e. The van der Waals surface area contributed by atoms with Gasteiger partial charge in [-0.15, -0.1) is 13.2 Å². The summed E-state index contributed by atoms with van der Waals surface area (Å²) in [5.41, 5.74) is 10.5. The summed E-state index contributed by atoms with van der Waals surface area (Å²) >= 11 is 0. The molecule has 6 heteroatoms. The van der Waals surface area contributed by atoms with Gasteiger partial charge in [-0.05, 0) is 62.9 Å². The highest BCUT2D eigenvalue weighted by Crippen LogP contribution is 2.23. The zero-order valence-corrected chi connectivity index (χ0v) is 20.5. The van der Waals surface area contributed by atoms with E-state index < -0.39 is 6.36 Å². The number of nitrogens with one attached hydrogen (secondary N) is 1. The van der Waals surface area contributed by atoms with Crippen LogP contribution in [0.15, 0.2) is 90.6 Å². The second-order valence-electron chi connectivity index (χ2n) is 8.37. The average molecular weight is 475 g/mol.